The Morgan fingerprint density at radius 1 is 1.04 bits per heavy atom. The van der Waals surface area contributed by atoms with E-state index in [-0.39, 0.29) is 12.0 Å². The number of hydrogen-bond acceptors (Lipinski definition) is 1. The highest BCUT2D eigenvalue weighted by molar-refractivity contribution is 5.61. The predicted octanol–water partition coefficient (Wildman–Crippen LogP) is 6.28. The van der Waals surface area contributed by atoms with Gasteiger partial charge in [-0.05, 0) is 37.0 Å². The van der Waals surface area contributed by atoms with Crippen molar-refractivity contribution in [3.05, 3.63) is 76.4 Å². The summed E-state index contributed by atoms with van der Waals surface area (Å²) in [5.41, 5.74) is 1.79. The van der Waals surface area contributed by atoms with Gasteiger partial charge in [0.1, 0.15) is 11.6 Å². The highest BCUT2D eigenvalue weighted by atomic mass is 19.2. The van der Waals surface area contributed by atoms with Gasteiger partial charge in [-0.1, -0.05) is 43.7 Å². The van der Waals surface area contributed by atoms with E-state index in [1.54, 1.807) is 18.2 Å². The van der Waals surface area contributed by atoms with Gasteiger partial charge >= 0.3 is 0 Å². The topological polar surface area (TPSA) is 23.8 Å². The zero-order valence-electron chi connectivity index (χ0n) is 14.2. The summed E-state index contributed by atoms with van der Waals surface area (Å²) in [6.45, 7) is 1.92. The number of nitriles is 1. The Bertz CT molecular complexity index is 786. The van der Waals surface area contributed by atoms with E-state index in [1.165, 1.54) is 24.3 Å². The Balaban J connectivity index is 2.08. The molecule has 0 N–H and O–H groups in total. The second-order valence-electron chi connectivity index (χ2n) is 5.90. The van der Waals surface area contributed by atoms with E-state index in [0.717, 1.165) is 12.0 Å². The molecular weight excluding hydrogens is 323 g/mol. The summed E-state index contributed by atoms with van der Waals surface area (Å²) in [7, 11) is 0. The molecule has 0 amide bonds. The van der Waals surface area contributed by atoms with Crippen LogP contribution in [0.1, 0.15) is 48.4 Å². The van der Waals surface area contributed by atoms with Crippen molar-refractivity contribution in [3.8, 4) is 6.07 Å². The molecule has 0 aromatic heterocycles. The summed E-state index contributed by atoms with van der Waals surface area (Å²) >= 11 is 0. The normalized spacial score (nSPS) is 11.8. The quantitative estimate of drug-likeness (QED) is 0.580. The van der Waals surface area contributed by atoms with Crippen LogP contribution in [0.3, 0.4) is 0 Å². The van der Waals surface area contributed by atoms with E-state index in [2.05, 4.69) is 0 Å². The fraction of sp³-hybridized carbons (Fsp3) is 0.286. The molecule has 0 unspecified atom stereocenters. The first-order valence-electron chi connectivity index (χ1n) is 8.37. The average Bonchev–Trinajstić information content (AvgIpc) is 2.64. The molecule has 4 heteroatoms. The standard InChI is InChI=1S/C21H20F3N/c1-2-3-6-20(23)21(24)16-11-8-15(9-12-16)10-13-18-17(14-25)5-4-7-19(18)22/h4-5,7-9,11-12H,2-3,6,10,13H2,1H3/b21-20+. The highest BCUT2D eigenvalue weighted by Crippen LogP contribution is 2.25. The molecule has 2 aromatic carbocycles. The van der Waals surface area contributed by atoms with Gasteiger partial charge in [0.05, 0.1) is 11.6 Å². The maximum atomic E-state index is 14.0. The smallest absolute Gasteiger partial charge is 0.161 e. The van der Waals surface area contributed by atoms with E-state index < -0.39 is 17.5 Å². The molecule has 25 heavy (non-hydrogen) atoms. The lowest BCUT2D eigenvalue weighted by Crippen LogP contribution is -1.98. The van der Waals surface area contributed by atoms with Crippen LogP contribution in [0.25, 0.3) is 5.83 Å². The molecule has 0 bridgehead atoms. The minimum atomic E-state index is -0.819. The molecule has 0 saturated heterocycles. The van der Waals surface area contributed by atoms with Crippen LogP contribution in [0.2, 0.25) is 0 Å². The predicted molar refractivity (Wildman–Crippen MR) is 93.6 cm³/mol. The number of aryl methyl sites for hydroxylation is 1. The van der Waals surface area contributed by atoms with Crippen LogP contribution in [0.5, 0.6) is 0 Å². The molecule has 0 heterocycles. The van der Waals surface area contributed by atoms with Gasteiger partial charge in [-0.15, -0.1) is 0 Å². The Morgan fingerprint density at radius 2 is 1.76 bits per heavy atom. The van der Waals surface area contributed by atoms with Crippen LogP contribution < -0.4 is 0 Å². The van der Waals surface area contributed by atoms with Gasteiger partial charge in [0, 0.05) is 17.5 Å². The minimum absolute atomic E-state index is 0.105. The third-order valence-electron chi connectivity index (χ3n) is 4.10. The lowest BCUT2D eigenvalue weighted by Gasteiger charge is -2.07. The summed E-state index contributed by atoms with van der Waals surface area (Å²) in [5, 5.41) is 9.05. The second kappa shape index (κ2) is 9.08. The van der Waals surface area contributed by atoms with Crippen molar-refractivity contribution in [2.75, 3.05) is 0 Å². The first-order chi connectivity index (χ1) is 12.1. The van der Waals surface area contributed by atoms with Crippen molar-refractivity contribution in [2.45, 2.75) is 39.0 Å². The number of hydrogen-bond donors (Lipinski definition) is 0. The van der Waals surface area contributed by atoms with Gasteiger partial charge < -0.3 is 0 Å². The SMILES string of the molecule is CCCC/C(F)=C(\F)c1ccc(CCc2c(F)cccc2C#N)cc1. The number of halogens is 3. The van der Waals surface area contributed by atoms with Crippen LogP contribution in [0.4, 0.5) is 13.2 Å². The summed E-state index contributed by atoms with van der Waals surface area (Å²) in [6, 6.07) is 12.9. The number of benzene rings is 2. The molecule has 1 nitrogen and oxygen atoms in total. The fourth-order valence-electron chi connectivity index (χ4n) is 2.60. The van der Waals surface area contributed by atoms with E-state index in [4.69, 9.17) is 5.26 Å². The summed E-state index contributed by atoms with van der Waals surface area (Å²) in [6.07, 6.45) is 2.41. The highest BCUT2D eigenvalue weighted by Gasteiger charge is 2.10. The van der Waals surface area contributed by atoms with Crippen molar-refractivity contribution in [1.29, 1.82) is 5.26 Å². The molecule has 0 atom stereocenters. The third kappa shape index (κ3) is 4.96. The van der Waals surface area contributed by atoms with Crippen molar-refractivity contribution in [1.82, 2.24) is 0 Å². The number of rotatable bonds is 7. The lowest BCUT2D eigenvalue weighted by molar-refractivity contribution is 0.548. The molecule has 130 valence electrons. The average molecular weight is 343 g/mol. The zero-order chi connectivity index (χ0) is 18.2. The number of nitrogens with zero attached hydrogens (tertiary/aromatic N) is 1. The van der Waals surface area contributed by atoms with Crippen LogP contribution in [-0.4, -0.2) is 0 Å². The second-order valence-corrected chi connectivity index (χ2v) is 5.90. The van der Waals surface area contributed by atoms with E-state index in [0.29, 0.717) is 30.4 Å². The zero-order valence-corrected chi connectivity index (χ0v) is 14.2. The van der Waals surface area contributed by atoms with Gasteiger partial charge in [0.2, 0.25) is 0 Å². The molecule has 0 fully saturated rings. The van der Waals surface area contributed by atoms with Gasteiger partial charge in [-0.25, -0.2) is 13.2 Å². The maximum Gasteiger partial charge on any atom is 0.161 e. The molecule has 2 rings (SSSR count). The minimum Gasteiger partial charge on any atom is -0.209 e. The van der Waals surface area contributed by atoms with Crippen LogP contribution in [0, 0.1) is 17.1 Å². The van der Waals surface area contributed by atoms with E-state index in [1.807, 2.05) is 13.0 Å². The molecule has 0 saturated carbocycles. The Hall–Kier alpha value is -2.54. The van der Waals surface area contributed by atoms with Gasteiger partial charge in [-0.3, -0.25) is 0 Å². The van der Waals surface area contributed by atoms with Crippen LogP contribution >= 0.6 is 0 Å². The van der Waals surface area contributed by atoms with E-state index >= 15 is 0 Å². The van der Waals surface area contributed by atoms with Crippen LogP contribution in [-0.2, 0) is 12.8 Å². The monoisotopic (exact) mass is 343 g/mol. The summed E-state index contributed by atoms with van der Waals surface area (Å²) in [5.74, 6) is -1.94. The third-order valence-corrected chi connectivity index (χ3v) is 4.10. The first kappa shape index (κ1) is 18.8. The van der Waals surface area contributed by atoms with Crippen LogP contribution in [0.15, 0.2) is 48.3 Å². The molecule has 0 radical (unpaired) electrons. The Morgan fingerprint density at radius 3 is 2.40 bits per heavy atom. The molecule has 0 aliphatic heterocycles. The van der Waals surface area contributed by atoms with Crippen molar-refractivity contribution in [3.63, 3.8) is 0 Å². The largest absolute Gasteiger partial charge is 0.209 e. The number of allylic oxidation sites excluding steroid dienone is 1. The van der Waals surface area contributed by atoms with Crippen molar-refractivity contribution < 1.29 is 13.2 Å². The van der Waals surface area contributed by atoms with Gasteiger partial charge in [0.25, 0.3) is 0 Å². The molecule has 0 aliphatic rings. The van der Waals surface area contributed by atoms with Gasteiger partial charge in [-0.2, -0.15) is 5.26 Å². The van der Waals surface area contributed by atoms with E-state index in [9.17, 15) is 13.2 Å². The molecular formula is C21H20F3N. The first-order valence-corrected chi connectivity index (χ1v) is 8.37. The maximum absolute atomic E-state index is 14.0. The van der Waals surface area contributed by atoms with Crippen molar-refractivity contribution in [2.24, 2.45) is 0 Å². The summed E-state index contributed by atoms with van der Waals surface area (Å²) < 4.78 is 41.6. The fourth-order valence-corrected chi connectivity index (χ4v) is 2.60. The number of unbranched alkanes of at least 4 members (excludes halogenated alkanes) is 1. The van der Waals surface area contributed by atoms with Gasteiger partial charge in [0.15, 0.2) is 5.83 Å². The lowest BCUT2D eigenvalue weighted by atomic mass is 9.99. The Labute approximate surface area is 146 Å². The van der Waals surface area contributed by atoms with Crippen molar-refractivity contribution >= 4 is 5.83 Å². The summed E-state index contributed by atoms with van der Waals surface area (Å²) in [4.78, 5) is 0. The molecule has 2 aromatic rings. The molecule has 0 spiro atoms. The molecule has 0 aliphatic carbocycles. The Kier molecular flexibility index (Phi) is 6.82.